The number of hydrogen-bond acceptors (Lipinski definition) is 2. The number of hydrogen-bond donors (Lipinski definition) is 1. The molecule has 4 heteroatoms. The van der Waals surface area contributed by atoms with E-state index in [4.69, 9.17) is 16.3 Å². The Bertz CT molecular complexity index is 331. The monoisotopic (exact) mass is 291 g/mol. The van der Waals surface area contributed by atoms with Gasteiger partial charge in [0.1, 0.15) is 5.75 Å². The molecule has 0 unspecified atom stereocenters. The molecule has 84 valence electrons. The third-order valence-corrected chi connectivity index (χ3v) is 2.84. The van der Waals surface area contributed by atoms with E-state index < -0.39 is 0 Å². The second kappa shape index (κ2) is 6.36. The van der Waals surface area contributed by atoms with Crippen molar-refractivity contribution in [3.63, 3.8) is 0 Å². The van der Waals surface area contributed by atoms with Crippen LogP contribution in [0.2, 0.25) is 5.02 Å². The molecule has 0 spiro atoms. The lowest BCUT2D eigenvalue weighted by Gasteiger charge is -2.11. The van der Waals surface area contributed by atoms with Gasteiger partial charge in [-0.15, -0.1) is 0 Å². The average Bonchev–Trinajstić information content (AvgIpc) is 2.17. The van der Waals surface area contributed by atoms with Crippen LogP contribution in [0.15, 0.2) is 16.6 Å². The molecular formula is C11H15BrClNO. The van der Waals surface area contributed by atoms with Gasteiger partial charge in [0.15, 0.2) is 0 Å². The van der Waals surface area contributed by atoms with E-state index in [2.05, 4.69) is 28.2 Å². The topological polar surface area (TPSA) is 21.3 Å². The fourth-order valence-corrected chi connectivity index (χ4v) is 2.41. The highest BCUT2D eigenvalue weighted by atomic mass is 79.9. The summed E-state index contributed by atoms with van der Waals surface area (Å²) >= 11 is 9.41. The molecule has 15 heavy (non-hydrogen) atoms. The zero-order valence-corrected chi connectivity index (χ0v) is 11.3. The summed E-state index contributed by atoms with van der Waals surface area (Å²) in [6.07, 6.45) is 1.12. The highest BCUT2D eigenvalue weighted by Gasteiger charge is 2.08. The molecule has 1 rings (SSSR count). The van der Waals surface area contributed by atoms with E-state index in [1.54, 1.807) is 7.11 Å². The van der Waals surface area contributed by atoms with Gasteiger partial charge in [-0.25, -0.2) is 0 Å². The van der Waals surface area contributed by atoms with Crippen LogP contribution in [0.4, 0.5) is 0 Å². The molecule has 0 heterocycles. The van der Waals surface area contributed by atoms with Crippen molar-refractivity contribution < 1.29 is 4.74 Å². The van der Waals surface area contributed by atoms with Gasteiger partial charge in [0.25, 0.3) is 0 Å². The molecule has 0 atom stereocenters. The van der Waals surface area contributed by atoms with Crippen LogP contribution < -0.4 is 10.1 Å². The molecule has 0 aromatic heterocycles. The second-order valence-corrected chi connectivity index (χ2v) is 4.55. The van der Waals surface area contributed by atoms with Crippen LogP contribution in [0, 0.1) is 0 Å². The Hall–Kier alpha value is -0.250. The molecule has 0 fully saturated rings. The predicted molar refractivity (Wildman–Crippen MR) is 67.7 cm³/mol. The van der Waals surface area contributed by atoms with Gasteiger partial charge in [0.2, 0.25) is 0 Å². The molecule has 0 aliphatic rings. The summed E-state index contributed by atoms with van der Waals surface area (Å²) in [5, 5.41) is 4.04. The van der Waals surface area contributed by atoms with Crippen molar-refractivity contribution >= 4 is 27.5 Å². The first kappa shape index (κ1) is 12.8. The Kier molecular flexibility index (Phi) is 5.43. The minimum atomic E-state index is 0.718. The summed E-state index contributed by atoms with van der Waals surface area (Å²) in [5.74, 6) is 0.850. The van der Waals surface area contributed by atoms with Gasteiger partial charge in [0, 0.05) is 17.1 Å². The van der Waals surface area contributed by atoms with Crippen LogP contribution in [0.25, 0.3) is 0 Å². The SMILES string of the molecule is CCCNCc1cc(Cl)cc(Br)c1OC. The standard InChI is InChI=1S/C11H15BrClNO/c1-3-4-14-7-8-5-9(13)6-10(12)11(8)15-2/h5-6,14H,3-4,7H2,1-2H3. The third kappa shape index (κ3) is 3.67. The fourth-order valence-electron chi connectivity index (χ4n) is 1.37. The minimum Gasteiger partial charge on any atom is -0.495 e. The van der Waals surface area contributed by atoms with Crippen molar-refractivity contribution in [2.75, 3.05) is 13.7 Å². The van der Waals surface area contributed by atoms with Gasteiger partial charge in [0.05, 0.1) is 11.6 Å². The van der Waals surface area contributed by atoms with E-state index in [9.17, 15) is 0 Å². The summed E-state index contributed by atoms with van der Waals surface area (Å²) in [7, 11) is 1.66. The van der Waals surface area contributed by atoms with Crippen LogP contribution in [-0.4, -0.2) is 13.7 Å². The number of ether oxygens (including phenoxy) is 1. The van der Waals surface area contributed by atoms with Gasteiger partial charge >= 0.3 is 0 Å². The smallest absolute Gasteiger partial charge is 0.137 e. The molecule has 0 saturated heterocycles. The van der Waals surface area contributed by atoms with E-state index >= 15 is 0 Å². The first-order chi connectivity index (χ1) is 7.19. The lowest BCUT2D eigenvalue weighted by molar-refractivity contribution is 0.405. The Morgan fingerprint density at radius 3 is 2.80 bits per heavy atom. The van der Waals surface area contributed by atoms with E-state index in [1.807, 2.05) is 12.1 Å². The quantitative estimate of drug-likeness (QED) is 0.837. The number of rotatable bonds is 5. The summed E-state index contributed by atoms with van der Waals surface area (Å²) in [6, 6.07) is 3.76. The van der Waals surface area contributed by atoms with Gasteiger partial charge in [-0.05, 0) is 41.0 Å². The summed E-state index contributed by atoms with van der Waals surface area (Å²) in [6.45, 7) is 3.90. The molecule has 1 aromatic rings. The molecule has 0 saturated carbocycles. The highest BCUT2D eigenvalue weighted by Crippen LogP contribution is 2.32. The number of methoxy groups -OCH3 is 1. The summed E-state index contributed by atoms with van der Waals surface area (Å²) in [4.78, 5) is 0. The van der Waals surface area contributed by atoms with Crippen molar-refractivity contribution in [2.45, 2.75) is 19.9 Å². The first-order valence-corrected chi connectivity index (χ1v) is 6.08. The van der Waals surface area contributed by atoms with E-state index in [-0.39, 0.29) is 0 Å². The molecule has 0 bridgehead atoms. The van der Waals surface area contributed by atoms with Crippen LogP contribution in [0.5, 0.6) is 5.75 Å². The van der Waals surface area contributed by atoms with Crippen LogP contribution in [0.1, 0.15) is 18.9 Å². The molecule has 0 aliphatic carbocycles. The van der Waals surface area contributed by atoms with Gasteiger partial charge in [-0.3, -0.25) is 0 Å². The number of nitrogens with one attached hydrogen (secondary N) is 1. The van der Waals surface area contributed by atoms with Crippen molar-refractivity contribution in [3.8, 4) is 5.75 Å². The van der Waals surface area contributed by atoms with E-state index in [1.165, 1.54) is 0 Å². The third-order valence-electron chi connectivity index (χ3n) is 2.03. The molecule has 0 radical (unpaired) electrons. The van der Waals surface area contributed by atoms with Gasteiger partial charge in [-0.1, -0.05) is 18.5 Å². The predicted octanol–water partition coefficient (Wildman–Crippen LogP) is 3.61. The van der Waals surface area contributed by atoms with Crippen LogP contribution >= 0.6 is 27.5 Å². The Balaban J connectivity index is 2.84. The average molecular weight is 293 g/mol. The largest absolute Gasteiger partial charge is 0.495 e. The molecule has 2 nitrogen and oxygen atoms in total. The first-order valence-electron chi connectivity index (χ1n) is 4.91. The van der Waals surface area contributed by atoms with Crippen LogP contribution in [-0.2, 0) is 6.54 Å². The Morgan fingerprint density at radius 2 is 2.20 bits per heavy atom. The van der Waals surface area contributed by atoms with Crippen molar-refractivity contribution in [3.05, 3.63) is 27.2 Å². The van der Waals surface area contributed by atoms with E-state index in [0.717, 1.165) is 40.3 Å². The maximum Gasteiger partial charge on any atom is 0.137 e. The Morgan fingerprint density at radius 1 is 1.47 bits per heavy atom. The number of benzene rings is 1. The fraction of sp³-hybridized carbons (Fsp3) is 0.455. The minimum absolute atomic E-state index is 0.718. The lowest BCUT2D eigenvalue weighted by atomic mass is 10.2. The second-order valence-electron chi connectivity index (χ2n) is 3.26. The van der Waals surface area contributed by atoms with Crippen LogP contribution in [0.3, 0.4) is 0 Å². The van der Waals surface area contributed by atoms with E-state index in [0.29, 0.717) is 0 Å². The molecule has 0 aliphatic heterocycles. The molecule has 1 aromatic carbocycles. The normalized spacial score (nSPS) is 10.4. The maximum atomic E-state index is 5.98. The lowest BCUT2D eigenvalue weighted by Crippen LogP contribution is -2.14. The Labute approximate surface area is 104 Å². The maximum absolute atomic E-state index is 5.98. The van der Waals surface area contributed by atoms with Crippen molar-refractivity contribution in [2.24, 2.45) is 0 Å². The highest BCUT2D eigenvalue weighted by molar-refractivity contribution is 9.10. The summed E-state index contributed by atoms with van der Waals surface area (Å²) < 4.78 is 6.21. The van der Waals surface area contributed by atoms with Gasteiger partial charge in [-0.2, -0.15) is 0 Å². The number of halogens is 2. The van der Waals surface area contributed by atoms with Crippen molar-refractivity contribution in [1.82, 2.24) is 5.32 Å². The molecule has 1 N–H and O–H groups in total. The van der Waals surface area contributed by atoms with Gasteiger partial charge < -0.3 is 10.1 Å². The summed E-state index contributed by atoms with van der Waals surface area (Å²) in [5.41, 5.74) is 1.07. The molecular weight excluding hydrogens is 277 g/mol. The zero-order valence-electron chi connectivity index (χ0n) is 8.94. The molecule has 0 amide bonds. The zero-order chi connectivity index (χ0) is 11.3. The van der Waals surface area contributed by atoms with Crippen molar-refractivity contribution in [1.29, 1.82) is 0 Å².